The molecule has 2 aliphatic rings. The van der Waals surface area contributed by atoms with Crippen molar-refractivity contribution in [3.05, 3.63) is 82.8 Å². The number of piperidine rings is 1. The molecule has 0 spiro atoms. The maximum absolute atomic E-state index is 14.2. The van der Waals surface area contributed by atoms with Gasteiger partial charge in [-0.3, -0.25) is 9.30 Å². The van der Waals surface area contributed by atoms with Gasteiger partial charge < -0.3 is 19.1 Å². The van der Waals surface area contributed by atoms with Crippen LogP contribution in [0.5, 0.6) is 5.88 Å². The standard InChI is InChI=1S/C29H29FN6O4/c30-24-12-19(13-31)4-5-21(24)18-40-27-3-1-2-25(32-27)20-6-9-34(10-7-20)14-22-15-35-17-26(28(37)38)33-29(35)36(22)16-23-8-11-39-23/h1-5,12,15,17,20,23H,6-11,14,16,18H2,(H,37,38). The van der Waals surface area contributed by atoms with Crippen LogP contribution in [0.2, 0.25) is 0 Å². The molecule has 0 radical (unpaired) electrons. The summed E-state index contributed by atoms with van der Waals surface area (Å²) in [5, 5.41) is 18.3. The Labute approximate surface area is 230 Å². The summed E-state index contributed by atoms with van der Waals surface area (Å²) in [5.74, 6) is -0.145. The number of nitrogens with zero attached hydrogens (tertiary/aromatic N) is 6. The molecule has 0 amide bonds. The average molecular weight is 545 g/mol. The number of likely N-dealkylation sites (tertiary alicyclic amines) is 1. The number of nitriles is 1. The second-order valence-corrected chi connectivity index (χ2v) is 10.3. The monoisotopic (exact) mass is 544 g/mol. The molecule has 11 heteroatoms. The molecule has 1 unspecified atom stereocenters. The van der Waals surface area contributed by atoms with Gasteiger partial charge >= 0.3 is 5.97 Å². The molecular weight excluding hydrogens is 515 g/mol. The molecule has 0 aliphatic carbocycles. The lowest BCUT2D eigenvalue weighted by Gasteiger charge is -2.32. The van der Waals surface area contributed by atoms with Gasteiger partial charge in [-0.1, -0.05) is 12.1 Å². The molecule has 40 heavy (non-hydrogen) atoms. The Morgan fingerprint density at radius 3 is 2.70 bits per heavy atom. The van der Waals surface area contributed by atoms with E-state index in [1.165, 1.54) is 6.07 Å². The number of carboxylic acid groups (broad SMARTS) is 1. The number of aromatic carboxylic acids is 1. The Kier molecular flexibility index (Phi) is 7.19. The molecule has 3 aromatic heterocycles. The van der Waals surface area contributed by atoms with Crippen molar-refractivity contribution < 1.29 is 23.8 Å². The van der Waals surface area contributed by atoms with Crippen LogP contribution in [0.3, 0.4) is 0 Å². The summed E-state index contributed by atoms with van der Waals surface area (Å²) in [7, 11) is 0. The Morgan fingerprint density at radius 2 is 2.00 bits per heavy atom. The quantitative estimate of drug-likeness (QED) is 0.336. The van der Waals surface area contributed by atoms with E-state index in [2.05, 4.69) is 14.5 Å². The third-order valence-electron chi connectivity index (χ3n) is 7.68. The highest BCUT2D eigenvalue weighted by Crippen LogP contribution is 2.29. The van der Waals surface area contributed by atoms with Crippen molar-refractivity contribution in [1.82, 2.24) is 23.8 Å². The van der Waals surface area contributed by atoms with E-state index in [4.69, 9.17) is 19.7 Å². The van der Waals surface area contributed by atoms with Crippen molar-refractivity contribution in [2.45, 2.75) is 51.0 Å². The molecule has 10 nitrogen and oxygen atoms in total. The fraction of sp³-hybridized carbons (Fsp3) is 0.379. The fourth-order valence-electron chi connectivity index (χ4n) is 5.34. The molecule has 1 aromatic carbocycles. The Bertz CT molecular complexity index is 1580. The van der Waals surface area contributed by atoms with E-state index in [1.807, 2.05) is 24.4 Å². The van der Waals surface area contributed by atoms with Gasteiger partial charge in [-0.2, -0.15) is 5.26 Å². The van der Waals surface area contributed by atoms with Crippen LogP contribution in [0.1, 0.15) is 58.2 Å². The summed E-state index contributed by atoms with van der Waals surface area (Å²) in [4.78, 5) is 22.9. The molecule has 2 saturated heterocycles. The minimum atomic E-state index is -1.04. The molecule has 4 aromatic rings. The van der Waals surface area contributed by atoms with E-state index < -0.39 is 11.8 Å². The third-order valence-corrected chi connectivity index (χ3v) is 7.68. The average Bonchev–Trinajstić information content (AvgIpc) is 3.49. The number of benzene rings is 1. The molecule has 0 saturated carbocycles. The van der Waals surface area contributed by atoms with Crippen molar-refractivity contribution >= 4 is 11.7 Å². The van der Waals surface area contributed by atoms with Gasteiger partial charge in [0.25, 0.3) is 0 Å². The molecule has 1 N–H and O–H groups in total. The van der Waals surface area contributed by atoms with Crippen LogP contribution in [0.4, 0.5) is 4.39 Å². The second-order valence-electron chi connectivity index (χ2n) is 10.3. The van der Waals surface area contributed by atoms with Gasteiger partial charge in [0.05, 0.1) is 30.0 Å². The topological polar surface area (TPSA) is 118 Å². The SMILES string of the molecule is N#Cc1ccc(COc2cccc(C3CCN(Cc4cn5cc(C(=O)O)nc5n4CC4CCO4)CC3)n2)c(F)c1. The number of carboxylic acids is 1. The zero-order valence-electron chi connectivity index (χ0n) is 21.9. The maximum Gasteiger partial charge on any atom is 0.356 e. The summed E-state index contributed by atoms with van der Waals surface area (Å²) in [5.41, 5.74) is 2.72. The first kappa shape index (κ1) is 26.0. The first-order chi connectivity index (χ1) is 19.5. The van der Waals surface area contributed by atoms with Gasteiger partial charge in [-0.05, 0) is 50.6 Å². The molecule has 206 valence electrons. The number of imidazole rings is 2. The summed E-state index contributed by atoms with van der Waals surface area (Å²) in [6, 6.07) is 12.0. The van der Waals surface area contributed by atoms with Crippen LogP contribution >= 0.6 is 0 Å². The summed E-state index contributed by atoms with van der Waals surface area (Å²) in [6.45, 7) is 3.96. The number of pyridine rings is 1. The van der Waals surface area contributed by atoms with Crippen molar-refractivity contribution in [3.63, 3.8) is 0 Å². The van der Waals surface area contributed by atoms with Crippen LogP contribution in [0, 0.1) is 17.1 Å². The number of hydrogen-bond acceptors (Lipinski definition) is 7. The summed E-state index contributed by atoms with van der Waals surface area (Å²) in [6.07, 6.45) is 6.51. The number of rotatable bonds is 9. The lowest BCUT2D eigenvalue weighted by atomic mass is 9.93. The first-order valence-electron chi connectivity index (χ1n) is 13.4. The van der Waals surface area contributed by atoms with E-state index in [0.29, 0.717) is 23.8 Å². The van der Waals surface area contributed by atoms with Gasteiger partial charge in [0, 0.05) is 48.8 Å². The number of aromatic nitrogens is 4. The predicted octanol–water partition coefficient (Wildman–Crippen LogP) is 3.99. The molecule has 2 fully saturated rings. The largest absolute Gasteiger partial charge is 0.476 e. The smallest absolute Gasteiger partial charge is 0.356 e. The van der Waals surface area contributed by atoms with Crippen LogP contribution in [0.15, 0.2) is 48.8 Å². The number of fused-ring (bicyclic) bond motifs is 1. The Hall–Kier alpha value is -4.27. The Morgan fingerprint density at radius 1 is 1.18 bits per heavy atom. The molecular formula is C29H29FN6O4. The Balaban J connectivity index is 1.08. The fourth-order valence-corrected chi connectivity index (χ4v) is 5.34. The van der Waals surface area contributed by atoms with E-state index in [9.17, 15) is 14.3 Å². The van der Waals surface area contributed by atoms with E-state index in [0.717, 1.165) is 56.9 Å². The van der Waals surface area contributed by atoms with Crippen LogP contribution in [-0.4, -0.2) is 60.7 Å². The highest BCUT2D eigenvalue weighted by Gasteiger charge is 2.26. The van der Waals surface area contributed by atoms with E-state index in [-0.39, 0.29) is 29.9 Å². The normalized spacial score (nSPS) is 17.9. The van der Waals surface area contributed by atoms with Crippen molar-refractivity contribution in [2.75, 3.05) is 19.7 Å². The predicted molar refractivity (Wildman–Crippen MR) is 141 cm³/mol. The van der Waals surface area contributed by atoms with Gasteiger partial charge in [0.1, 0.15) is 12.4 Å². The van der Waals surface area contributed by atoms with E-state index >= 15 is 0 Å². The highest BCUT2D eigenvalue weighted by molar-refractivity contribution is 5.85. The van der Waals surface area contributed by atoms with Crippen LogP contribution < -0.4 is 4.74 Å². The number of ether oxygens (including phenoxy) is 2. The molecule has 5 heterocycles. The van der Waals surface area contributed by atoms with Crippen LogP contribution in [0.25, 0.3) is 5.78 Å². The molecule has 0 bridgehead atoms. The van der Waals surface area contributed by atoms with Gasteiger partial charge in [0.2, 0.25) is 11.7 Å². The lowest BCUT2D eigenvalue weighted by molar-refractivity contribution is -0.0592. The number of halogens is 1. The molecule has 1 atom stereocenters. The van der Waals surface area contributed by atoms with Gasteiger partial charge in [0.15, 0.2) is 5.69 Å². The van der Waals surface area contributed by atoms with Crippen molar-refractivity contribution in [1.29, 1.82) is 5.26 Å². The second kappa shape index (κ2) is 11.1. The number of hydrogen-bond donors (Lipinski definition) is 1. The summed E-state index contributed by atoms with van der Waals surface area (Å²) >= 11 is 0. The van der Waals surface area contributed by atoms with Crippen LogP contribution in [-0.2, 0) is 24.4 Å². The summed E-state index contributed by atoms with van der Waals surface area (Å²) < 4.78 is 29.5. The van der Waals surface area contributed by atoms with Crippen molar-refractivity contribution in [3.8, 4) is 11.9 Å². The lowest BCUT2D eigenvalue weighted by Crippen LogP contribution is -2.35. The minimum Gasteiger partial charge on any atom is -0.476 e. The first-order valence-corrected chi connectivity index (χ1v) is 13.4. The minimum absolute atomic E-state index is 0.0337. The van der Waals surface area contributed by atoms with E-state index in [1.54, 1.807) is 28.8 Å². The van der Waals surface area contributed by atoms with Gasteiger partial charge in [-0.15, -0.1) is 0 Å². The van der Waals surface area contributed by atoms with Gasteiger partial charge in [-0.25, -0.2) is 19.2 Å². The molecule has 2 aliphatic heterocycles. The molecule has 6 rings (SSSR count). The van der Waals surface area contributed by atoms with Crippen molar-refractivity contribution in [2.24, 2.45) is 0 Å². The highest BCUT2D eigenvalue weighted by atomic mass is 19.1. The number of carbonyl (C=O) groups is 1. The third kappa shape index (κ3) is 5.41. The zero-order valence-corrected chi connectivity index (χ0v) is 21.9. The zero-order chi connectivity index (χ0) is 27.6. The maximum atomic E-state index is 14.2.